The summed E-state index contributed by atoms with van der Waals surface area (Å²) in [5, 5.41) is 9.50. The van der Waals surface area contributed by atoms with Crippen molar-refractivity contribution in [3.63, 3.8) is 0 Å². The minimum atomic E-state index is -1.68. The molecule has 4 nitrogen and oxygen atoms in total. The molecular formula is C74H59IrN4. The van der Waals surface area contributed by atoms with E-state index in [4.69, 9.17) is 4.98 Å². The summed E-state index contributed by atoms with van der Waals surface area (Å²) >= 11 is 0. The van der Waals surface area contributed by atoms with Gasteiger partial charge in [0.2, 0.25) is 0 Å². The maximum atomic E-state index is 9.50. The van der Waals surface area contributed by atoms with Gasteiger partial charge in [-0.1, -0.05) is 184 Å². The van der Waals surface area contributed by atoms with E-state index in [0.717, 1.165) is 115 Å². The van der Waals surface area contributed by atoms with Crippen LogP contribution in [0.1, 0.15) is 62.5 Å². The topological polar surface area (TPSA) is 62.5 Å². The number of aromatic nitrogens is 3. The van der Waals surface area contributed by atoms with E-state index < -0.39 is 11.8 Å². The van der Waals surface area contributed by atoms with Crippen LogP contribution in [0, 0.1) is 41.9 Å². The van der Waals surface area contributed by atoms with Gasteiger partial charge in [-0.15, -0.1) is 94.5 Å². The molecule has 0 aliphatic carbocycles. The Morgan fingerprint density at radius 2 is 0.975 bits per heavy atom. The van der Waals surface area contributed by atoms with Crippen LogP contribution in [0.2, 0.25) is 0 Å². The maximum Gasteiger partial charge on any atom is 3.00 e. The van der Waals surface area contributed by atoms with Crippen LogP contribution in [0.25, 0.3) is 89.4 Å². The molecule has 0 atom stereocenters. The number of hydrogen-bond donors (Lipinski definition) is 0. The third-order valence-electron chi connectivity index (χ3n) is 14.2. The number of nitrogens with zero attached hydrogens (tertiary/aromatic N) is 4. The zero-order chi connectivity index (χ0) is 55.2. The first-order valence-electron chi connectivity index (χ1n) is 27.7. The second kappa shape index (κ2) is 24.3. The molecule has 79 heavy (non-hydrogen) atoms. The normalized spacial score (nSPS) is 11.7. The molecule has 11 rings (SSSR count). The van der Waals surface area contributed by atoms with Gasteiger partial charge in [-0.3, -0.25) is 0 Å². The van der Waals surface area contributed by atoms with Crippen molar-refractivity contribution in [1.29, 1.82) is 5.26 Å². The SMILES string of the molecule is [2H]C([2H])(c1cnc(-c2[c-]cc(-c3ccccc3-c3cc(CCc4c[c-]c(-c5ccccn5)cc4)cc(CCc4c[c-]c(-c5ccccn5)cc4)c3)c(-c3ccc(-c4ccc(C#N)cc4)cc3)c2)cc1-c1ccccc1C)C(C)(C)C.[Ir+3]. The summed E-state index contributed by atoms with van der Waals surface area (Å²) in [6.07, 6.45) is 7.10. The summed E-state index contributed by atoms with van der Waals surface area (Å²) in [6.45, 7) is 7.89. The number of rotatable bonds is 15. The molecule has 0 fully saturated rings. The van der Waals surface area contributed by atoms with Gasteiger partial charge < -0.3 is 15.0 Å². The van der Waals surface area contributed by atoms with E-state index in [0.29, 0.717) is 16.8 Å². The van der Waals surface area contributed by atoms with E-state index in [1.54, 1.807) is 6.20 Å². The molecule has 0 spiro atoms. The first-order valence-corrected chi connectivity index (χ1v) is 26.7. The molecule has 0 bridgehead atoms. The Morgan fingerprint density at radius 1 is 0.443 bits per heavy atom. The molecule has 11 aromatic rings. The molecule has 5 heteroatoms. The molecule has 0 aliphatic rings. The number of hydrogen-bond acceptors (Lipinski definition) is 4. The third kappa shape index (κ3) is 12.9. The van der Waals surface area contributed by atoms with Crippen LogP contribution in [-0.4, -0.2) is 15.0 Å². The Kier molecular flexibility index (Phi) is 15.8. The zero-order valence-electron chi connectivity index (χ0n) is 46.8. The Morgan fingerprint density at radius 3 is 1.52 bits per heavy atom. The molecule has 0 unspecified atom stereocenters. The van der Waals surface area contributed by atoms with Crippen LogP contribution < -0.4 is 0 Å². The minimum Gasteiger partial charge on any atom is -0.305 e. The summed E-state index contributed by atoms with van der Waals surface area (Å²) < 4.78 is 18.9. The average molecular weight is 1200 g/mol. The van der Waals surface area contributed by atoms with Crippen molar-refractivity contribution < 1.29 is 22.8 Å². The van der Waals surface area contributed by atoms with Crippen LogP contribution in [-0.2, 0) is 52.2 Å². The molecule has 0 saturated carbocycles. The maximum absolute atomic E-state index is 9.50. The molecule has 0 saturated heterocycles. The van der Waals surface area contributed by atoms with E-state index in [1.165, 1.54) is 22.3 Å². The summed E-state index contributed by atoms with van der Waals surface area (Å²) in [6, 6.07) is 84.3. The summed E-state index contributed by atoms with van der Waals surface area (Å²) in [7, 11) is 0. The van der Waals surface area contributed by atoms with E-state index >= 15 is 0 Å². The van der Waals surface area contributed by atoms with Gasteiger partial charge in [-0.2, -0.15) is 5.26 Å². The number of pyridine rings is 3. The largest absolute Gasteiger partial charge is 3.00 e. The van der Waals surface area contributed by atoms with Crippen LogP contribution >= 0.6 is 0 Å². The molecule has 8 aromatic carbocycles. The van der Waals surface area contributed by atoms with Gasteiger partial charge in [-0.25, -0.2) is 0 Å². The molecule has 0 amide bonds. The zero-order valence-corrected chi connectivity index (χ0v) is 47.2. The second-order valence-corrected chi connectivity index (χ2v) is 21.0. The van der Waals surface area contributed by atoms with Crippen molar-refractivity contribution in [2.75, 3.05) is 0 Å². The van der Waals surface area contributed by atoms with Crippen molar-refractivity contribution in [2.24, 2.45) is 5.41 Å². The molecular weight excluding hydrogens is 1140 g/mol. The van der Waals surface area contributed by atoms with Crippen LogP contribution in [0.5, 0.6) is 0 Å². The Labute approximate surface area is 482 Å². The van der Waals surface area contributed by atoms with E-state index in [-0.39, 0.29) is 20.1 Å². The van der Waals surface area contributed by atoms with Crippen molar-refractivity contribution in [3.05, 3.63) is 282 Å². The van der Waals surface area contributed by atoms with Crippen molar-refractivity contribution >= 4 is 0 Å². The molecule has 0 N–H and O–H groups in total. The van der Waals surface area contributed by atoms with Gasteiger partial charge in [0.05, 0.1) is 11.6 Å². The fourth-order valence-corrected chi connectivity index (χ4v) is 10.2. The van der Waals surface area contributed by atoms with Crippen molar-refractivity contribution in [3.8, 4) is 95.5 Å². The Bertz CT molecular complexity index is 3890. The fraction of sp³-hybridized carbons (Fsp3) is 0.135. The van der Waals surface area contributed by atoms with Gasteiger partial charge in [0.15, 0.2) is 0 Å². The predicted molar refractivity (Wildman–Crippen MR) is 320 cm³/mol. The molecule has 0 aliphatic heterocycles. The first-order chi connectivity index (χ1) is 38.9. The second-order valence-electron chi connectivity index (χ2n) is 21.0. The number of aryl methyl sites for hydroxylation is 5. The van der Waals surface area contributed by atoms with Crippen LogP contribution in [0.4, 0.5) is 0 Å². The number of nitriles is 1. The van der Waals surface area contributed by atoms with E-state index in [9.17, 15) is 8.00 Å². The van der Waals surface area contributed by atoms with E-state index in [2.05, 4.69) is 169 Å². The summed E-state index contributed by atoms with van der Waals surface area (Å²) in [4.78, 5) is 14.1. The molecule has 3 heterocycles. The van der Waals surface area contributed by atoms with Gasteiger partial charge >= 0.3 is 20.1 Å². The van der Waals surface area contributed by atoms with E-state index in [1.807, 2.05) is 112 Å². The van der Waals surface area contributed by atoms with Gasteiger partial charge in [0, 0.05) is 21.3 Å². The van der Waals surface area contributed by atoms with Crippen LogP contribution in [0.3, 0.4) is 0 Å². The van der Waals surface area contributed by atoms with Gasteiger partial charge in [-0.05, 0) is 134 Å². The van der Waals surface area contributed by atoms with Crippen molar-refractivity contribution in [1.82, 2.24) is 15.0 Å². The molecule has 0 radical (unpaired) electrons. The number of benzene rings is 8. The monoisotopic (exact) mass is 1200 g/mol. The van der Waals surface area contributed by atoms with Crippen LogP contribution in [0.15, 0.2) is 225 Å². The predicted octanol–water partition coefficient (Wildman–Crippen LogP) is 17.9. The first kappa shape index (κ1) is 51.1. The van der Waals surface area contributed by atoms with Gasteiger partial charge in [0.1, 0.15) is 0 Å². The molecule has 3 aromatic heterocycles. The Balaban J connectivity index is 0.00000736. The standard InChI is InChI=1S/C74H59N4.Ir/c1-51-13-5-6-14-65(51)70-47-73(78-50-64(70)48-74(2,3)4)62-39-40-68(69(46-62)59-37-35-58(36-38-59)57-29-27-54(49-75)28-30-57)67-16-8-7-15-66(67)63-44-55(21-19-52-23-31-60(32-24-52)71-17-9-11-41-76-71)43-56(45-63)22-20-53-25-33-61(34-26-53)72-18-10-12-42-77-72;/h5-18,23-31,33,35-38,40-47,50H,19-22,48H2,1-4H3;/q-3;+3/i48D2;. The Hall–Kier alpha value is -8.65. The van der Waals surface area contributed by atoms with Crippen molar-refractivity contribution in [2.45, 2.75) is 59.8 Å². The third-order valence-corrected chi connectivity index (χ3v) is 14.2. The molecule has 384 valence electrons. The summed E-state index contributed by atoms with van der Waals surface area (Å²) in [5.74, 6) is 0. The quantitative estimate of drug-likeness (QED) is 0.0960. The smallest absolute Gasteiger partial charge is 0.305 e. The average Bonchev–Trinajstić information content (AvgIpc) is 3.70. The van der Waals surface area contributed by atoms with Gasteiger partial charge in [0.25, 0.3) is 0 Å². The fourth-order valence-electron chi connectivity index (χ4n) is 10.2. The minimum absolute atomic E-state index is 0. The summed E-state index contributed by atoms with van der Waals surface area (Å²) in [5.41, 5.74) is 22.0.